The molecule has 2 amide bonds. The largest absolute Gasteiger partial charge is 0.453 e. The summed E-state index contributed by atoms with van der Waals surface area (Å²) < 4.78 is 11.4. The van der Waals surface area contributed by atoms with E-state index in [1.54, 1.807) is 12.1 Å². The predicted octanol–water partition coefficient (Wildman–Crippen LogP) is 3.41. The number of alkyl carbamates (subject to hydrolysis) is 1. The molecule has 1 aromatic rings. The van der Waals surface area contributed by atoms with E-state index in [0.717, 1.165) is 23.7 Å². The molecule has 8 heteroatoms. The Hall–Kier alpha value is -1.93. The third-order valence-corrected chi connectivity index (χ3v) is 6.60. The summed E-state index contributed by atoms with van der Waals surface area (Å²) in [5.41, 5.74) is 0.598. The molecule has 0 radical (unpaired) electrons. The molecule has 1 aliphatic heterocycles. The van der Waals surface area contributed by atoms with Crippen LogP contribution in [-0.4, -0.2) is 61.1 Å². The first kappa shape index (κ1) is 22.7. The van der Waals surface area contributed by atoms with E-state index in [1.165, 1.54) is 7.11 Å². The van der Waals surface area contributed by atoms with Gasteiger partial charge in [-0.3, -0.25) is 9.59 Å². The predicted molar refractivity (Wildman–Crippen MR) is 115 cm³/mol. The van der Waals surface area contributed by atoms with Gasteiger partial charge in [-0.05, 0) is 43.2 Å². The number of Topliss-reactive ketones (excluding diaryl/α,β-unsaturated/α-hetero) is 1. The molecule has 30 heavy (non-hydrogen) atoms. The number of piperidine rings is 1. The summed E-state index contributed by atoms with van der Waals surface area (Å²) in [6.45, 7) is 4.09. The van der Waals surface area contributed by atoms with Crippen LogP contribution in [0.3, 0.4) is 0 Å². The summed E-state index contributed by atoms with van der Waals surface area (Å²) >= 11 is 3.36. The Kier molecular flexibility index (Phi) is 7.52. The third-order valence-electron chi connectivity index (χ3n) is 6.07. The number of amides is 2. The number of hydrogen-bond acceptors (Lipinski definition) is 5. The lowest BCUT2D eigenvalue weighted by Gasteiger charge is -2.38. The maximum Gasteiger partial charge on any atom is 0.407 e. The van der Waals surface area contributed by atoms with E-state index in [2.05, 4.69) is 26.0 Å². The first-order chi connectivity index (χ1) is 14.3. The van der Waals surface area contributed by atoms with Crippen molar-refractivity contribution in [3.8, 4) is 0 Å². The average molecular weight is 481 g/mol. The minimum atomic E-state index is -0.649. The van der Waals surface area contributed by atoms with E-state index >= 15 is 0 Å². The van der Waals surface area contributed by atoms with E-state index in [0.29, 0.717) is 18.1 Å². The molecular formula is C22H29BrN2O5. The standard InChI is InChI=1S/C22H29BrN2O5/c1-13(2)20(24-22(28)29-3)21(27)25-17-9-6-15(10-17)18(25)11-30-12-19(26)14-4-7-16(23)8-5-14/h4-5,7-8,13,15,17-18,20H,6,9-12H2,1-3H3,(H,24,28). The number of carbonyl (C=O) groups excluding carboxylic acids is 3. The van der Waals surface area contributed by atoms with Gasteiger partial charge < -0.3 is 19.7 Å². The molecule has 3 rings (SSSR count). The number of ketones is 1. The number of likely N-dealkylation sites (tertiary alicyclic amines) is 1. The minimum absolute atomic E-state index is 0.0223. The van der Waals surface area contributed by atoms with Crippen LogP contribution in [0, 0.1) is 11.8 Å². The molecule has 1 heterocycles. The number of halogens is 1. The van der Waals surface area contributed by atoms with Gasteiger partial charge in [0.2, 0.25) is 5.91 Å². The van der Waals surface area contributed by atoms with Crippen LogP contribution in [0.4, 0.5) is 4.79 Å². The van der Waals surface area contributed by atoms with E-state index in [-0.39, 0.29) is 36.3 Å². The van der Waals surface area contributed by atoms with Crippen molar-refractivity contribution in [3.05, 3.63) is 34.3 Å². The maximum atomic E-state index is 13.3. The zero-order valence-corrected chi connectivity index (χ0v) is 19.2. The lowest BCUT2D eigenvalue weighted by molar-refractivity contribution is -0.140. The van der Waals surface area contributed by atoms with Gasteiger partial charge in [-0.15, -0.1) is 0 Å². The van der Waals surface area contributed by atoms with Crippen LogP contribution in [0.25, 0.3) is 0 Å². The van der Waals surface area contributed by atoms with Crippen LogP contribution in [0.5, 0.6) is 0 Å². The van der Waals surface area contributed by atoms with E-state index in [4.69, 9.17) is 4.74 Å². The Bertz CT molecular complexity index is 782. The second-order valence-electron chi connectivity index (χ2n) is 8.34. The zero-order chi connectivity index (χ0) is 21.8. The molecule has 1 saturated carbocycles. The van der Waals surface area contributed by atoms with Crippen molar-refractivity contribution in [1.82, 2.24) is 10.2 Å². The zero-order valence-electron chi connectivity index (χ0n) is 17.6. The SMILES string of the molecule is COC(=O)NC(C(=O)N1C2CCC(C2)C1COCC(=O)c1ccc(Br)cc1)C(C)C. The highest BCUT2D eigenvalue weighted by atomic mass is 79.9. The normalized spacial score (nSPS) is 23.5. The lowest BCUT2D eigenvalue weighted by atomic mass is 9.96. The number of ether oxygens (including phenoxy) is 2. The molecule has 0 spiro atoms. The van der Waals surface area contributed by atoms with Crippen molar-refractivity contribution in [2.45, 2.75) is 51.2 Å². The quantitative estimate of drug-likeness (QED) is 0.576. The topological polar surface area (TPSA) is 84.9 Å². The molecule has 164 valence electrons. The monoisotopic (exact) mass is 480 g/mol. The molecule has 1 aromatic carbocycles. The van der Waals surface area contributed by atoms with Gasteiger partial charge in [0.25, 0.3) is 0 Å². The molecule has 2 bridgehead atoms. The summed E-state index contributed by atoms with van der Waals surface area (Å²) in [5.74, 6) is 0.107. The highest BCUT2D eigenvalue weighted by Crippen LogP contribution is 2.43. The number of methoxy groups -OCH3 is 1. The van der Waals surface area contributed by atoms with Gasteiger partial charge in [0.15, 0.2) is 5.78 Å². The van der Waals surface area contributed by atoms with Crippen molar-refractivity contribution in [1.29, 1.82) is 0 Å². The number of carbonyl (C=O) groups is 3. The molecular weight excluding hydrogens is 452 g/mol. The van der Waals surface area contributed by atoms with Gasteiger partial charge in [-0.2, -0.15) is 0 Å². The highest BCUT2D eigenvalue weighted by Gasteiger charge is 2.49. The second-order valence-corrected chi connectivity index (χ2v) is 9.26. The average Bonchev–Trinajstić information content (AvgIpc) is 3.33. The molecule has 1 saturated heterocycles. The van der Waals surface area contributed by atoms with Crippen molar-refractivity contribution < 1.29 is 23.9 Å². The van der Waals surface area contributed by atoms with Crippen LogP contribution >= 0.6 is 15.9 Å². The summed E-state index contributed by atoms with van der Waals surface area (Å²) in [6.07, 6.45) is 2.36. The molecule has 0 aromatic heterocycles. The van der Waals surface area contributed by atoms with Crippen molar-refractivity contribution in [2.24, 2.45) is 11.8 Å². The number of hydrogen-bond donors (Lipinski definition) is 1. The Morgan fingerprint density at radius 3 is 2.53 bits per heavy atom. The van der Waals surface area contributed by atoms with Gasteiger partial charge in [0, 0.05) is 16.1 Å². The summed E-state index contributed by atoms with van der Waals surface area (Å²) in [6, 6.07) is 6.61. The number of benzene rings is 1. The molecule has 4 atom stereocenters. The van der Waals surface area contributed by atoms with Crippen molar-refractivity contribution >= 4 is 33.7 Å². The Balaban J connectivity index is 1.63. The van der Waals surface area contributed by atoms with Crippen LogP contribution < -0.4 is 5.32 Å². The van der Waals surface area contributed by atoms with Crippen LogP contribution in [0.2, 0.25) is 0 Å². The number of fused-ring (bicyclic) bond motifs is 2. The fourth-order valence-corrected chi connectivity index (χ4v) is 4.77. The van der Waals surface area contributed by atoms with E-state index < -0.39 is 12.1 Å². The van der Waals surface area contributed by atoms with Crippen LogP contribution in [0.1, 0.15) is 43.5 Å². The first-order valence-electron chi connectivity index (χ1n) is 10.3. The Morgan fingerprint density at radius 1 is 1.20 bits per heavy atom. The number of nitrogens with zero attached hydrogens (tertiary/aromatic N) is 1. The highest BCUT2D eigenvalue weighted by molar-refractivity contribution is 9.10. The van der Waals surface area contributed by atoms with Crippen LogP contribution in [0.15, 0.2) is 28.7 Å². The van der Waals surface area contributed by atoms with Gasteiger partial charge in [0.05, 0.1) is 19.8 Å². The maximum absolute atomic E-state index is 13.3. The molecule has 1 aliphatic carbocycles. The Morgan fingerprint density at radius 2 is 1.90 bits per heavy atom. The molecule has 2 fully saturated rings. The lowest BCUT2D eigenvalue weighted by Crippen LogP contribution is -2.56. The molecule has 2 aliphatic rings. The summed E-state index contributed by atoms with van der Waals surface area (Å²) in [5, 5.41) is 2.67. The van der Waals surface area contributed by atoms with E-state index in [9.17, 15) is 14.4 Å². The third kappa shape index (κ3) is 5.03. The van der Waals surface area contributed by atoms with Crippen molar-refractivity contribution in [2.75, 3.05) is 20.3 Å². The summed E-state index contributed by atoms with van der Waals surface area (Å²) in [7, 11) is 1.29. The second kappa shape index (κ2) is 9.92. The first-order valence-corrected chi connectivity index (χ1v) is 11.1. The number of nitrogens with one attached hydrogen (secondary N) is 1. The molecule has 4 unspecified atom stereocenters. The van der Waals surface area contributed by atoms with E-state index in [1.807, 2.05) is 30.9 Å². The minimum Gasteiger partial charge on any atom is -0.453 e. The fraction of sp³-hybridized carbons (Fsp3) is 0.591. The Labute approximate surface area is 185 Å². The van der Waals surface area contributed by atoms with Gasteiger partial charge in [0.1, 0.15) is 12.6 Å². The van der Waals surface area contributed by atoms with Gasteiger partial charge in [-0.1, -0.05) is 41.9 Å². The molecule has 7 nitrogen and oxygen atoms in total. The smallest absolute Gasteiger partial charge is 0.407 e. The fourth-order valence-electron chi connectivity index (χ4n) is 4.50. The number of rotatable bonds is 8. The van der Waals surface area contributed by atoms with Gasteiger partial charge >= 0.3 is 6.09 Å². The van der Waals surface area contributed by atoms with Crippen LogP contribution in [-0.2, 0) is 14.3 Å². The van der Waals surface area contributed by atoms with Gasteiger partial charge in [-0.25, -0.2) is 4.79 Å². The molecule has 1 N–H and O–H groups in total. The summed E-state index contributed by atoms with van der Waals surface area (Å²) in [4.78, 5) is 39.3. The van der Waals surface area contributed by atoms with Crippen molar-refractivity contribution in [3.63, 3.8) is 0 Å².